The third kappa shape index (κ3) is 7.21. The molecule has 0 fully saturated rings. The van der Waals surface area contributed by atoms with Gasteiger partial charge in [0, 0.05) is 13.2 Å². The van der Waals surface area contributed by atoms with E-state index >= 15 is 0 Å². The van der Waals surface area contributed by atoms with E-state index in [2.05, 4.69) is 20.9 Å². The zero-order valence-electron chi connectivity index (χ0n) is 20.7. The molecule has 1 aromatic heterocycles. The fraction of sp³-hybridized carbons (Fsp3) is 0.500. The molecule has 7 nitrogen and oxygen atoms in total. The van der Waals surface area contributed by atoms with Crippen molar-refractivity contribution in [2.24, 2.45) is 0 Å². The molecule has 2 rings (SSSR count). The predicted octanol–water partition coefficient (Wildman–Crippen LogP) is 7.19. The van der Waals surface area contributed by atoms with Gasteiger partial charge in [-0.15, -0.1) is 0 Å². The number of benzene rings is 1. The van der Waals surface area contributed by atoms with Crippen LogP contribution in [-0.2, 0) is 39.3 Å². The number of esters is 1. The van der Waals surface area contributed by atoms with Crippen LogP contribution in [0.3, 0.4) is 0 Å². The van der Waals surface area contributed by atoms with Crippen molar-refractivity contribution >= 4 is 45.1 Å². The Morgan fingerprint density at radius 3 is 2.08 bits per heavy atom. The van der Waals surface area contributed by atoms with E-state index in [1.54, 1.807) is 0 Å². The second-order valence-electron chi connectivity index (χ2n) is 7.81. The van der Waals surface area contributed by atoms with Gasteiger partial charge in [-0.2, -0.15) is 39.5 Å². The molecule has 0 saturated carbocycles. The van der Waals surface area contributed by atoms with E-state index in [0.717, 1.165) is 0 Å². The Bertz CT molecular complexity index is 1300. The van der Waals surface area contributed by atoms with E-state index < -0.39 is 87.4 Å². The quantitative estimate of drug-likeness (QED) is 0.159. The van der Waals surface area contributed by atoms with Gasteiger partial charge in [-0.05, 0) is 48.3 Å². The summed E-state index contributed by atoms with van der Waals surface area (Å²) in [6.07, 6.45) is -18.5. The van der Waals surface area contributed by atoms with Crippen LogP contribution in [-0.4, -0.2) is 35.0 Å². The lowest BCUT2D eigenvalue weighted by Crippen LogP contribution is -2.45. The van der Waals surface area contributed by atoms with Gasteiger partial charge in [0.2, 0.25) is 12.2 Å². The summed E-state index contributed by atoms with van der Waals surface area (Å²) in [5, 5.41) is -1.44. The van der Waals surface area contributed by atoms with Crippen LogP contribution in [0.15, 0.2) is 21.4 Å². The van der Waals surface area contributed by atoms with Gasteiger partial charge < -0.3 is 9.47 Å². The molecule has 0 saturated heterocycles. The van der Waals surface area contributed by atoms with Crippen molar-refractivity contribution in [3.63, 3.8) is 0 Å². The maximum Gasteiger partial charge on any atom is 0.434 e. The second kappa shape index (κ2) is 12.5. The molecule has 1 heterocycles. The summed E-state index contributed by atoms with van der Waals surface area (Å²) in [5.41, 5.74) is -8.49. The highest BCUT2D eigenvalue weighted by molar-refractivity contribution is 9.10. The third-order valence-electron chi connectivity index (χ3n) is 5.02. The summed E-state index contributed by atoms with van der Waals surface area (Å²) >= 11 is 8.44. The summed E-state index contributed by atoms with van der Waals surface area (Å²) in [6.45, 7) is 2.80. The van der Waals surface area contributed by atoms with Crippen molar-refractivity contribution in [1.82, 2.24) is 9.55 Å². The molecule has 0 amide bonds. The Kier molecular flexibility index (Phi) is 10.6. The Balaban J connectivity index is 3.24. The molecule has 1 aromatic carbocycles. The number of nitrogens with zero attached hydrogens (tertiary/aromatic N) is 3. The molecule has 0 aliphatic rings. The Morgan fingerprint density at radius 1 is 1.02 bits per heavy atom. The van der Waals surface area contributed by atoms with Crippen LogP contribution in [0, 0.1) is 0 Å². The lowest BCUT2D eigenvalue weighted by Gasteiger charge is -2.34. The first-order valence-electron chi connectivity index (χ1n) is 11.2. The van der Waals surface area contributed by atoms with Crippen molar-refractivity contribution in [3.8, 4) is 0 Å². The Morgan fingerprint density at radius 2 is 1.62 bits per heavy atom. The lowest BCUT2D eigenvalue weighted by atomic mass is 10.1. The van der Waals surface area contributed by atoms with E-state index in [1.807, 2.05) is 0 Å². The van der Waals surface area contributed by atoms with Crippen LogP contribution in [0.5, 0.6) is 0 Å². The summed E-state index contributed by atoms with van der Waals surface area (Å²) in [6, 6.07) is -0.236. The summed E-state index contributed by atoms with van der Waals surface area (Å²) in [7, 11) is 0. The standard InChI is InChI=1S/C22H20BrClF9N3O4/c1-4-7-35-16(37)13(23)15(22(31,32)33)34-19(35)36(17(39-5-2)18(38)40-6-3)12-9-10(20(25,26)27)8-11(14(12)24)21(28,29)30/h8-9,17H,4-7H2,1-3H3. The fourth-order valence-corrected chi connectivity index (χ4v) is 4.26. The van der Waals surface area contributed by atoms with E-state index in [1.165, 1.54) is 20.8 Å². The number of anilines is 2. The largest absolute Gasteiger partial charge is 0.463 e. The van der Waals surface area contributed by atoms with E-state index in [4.69, 9.17) is 21.1 Å². The zero-order valence-corrected chi connectivity index (χ0v) is 23.0. The third-order valence-corrected chi connectivity index (χ3v) is 6.13. The van der Waals surface area contributed by atoms with Crippen molar-refractivity contribution < 1.29 is 53.8 Å². The molecule has 1 unspecified atom stereocenters. The monoisotopic (exact) mass is 675 g/mol. The van der Waals surface area contributed by atoms with Crippen molar-refractivity contribution in [1.29, 1.82) is 0 Å². The Labute approximate surface area is 233 Å². The molecular weight excluding hydrogens is 657 g/mol. The van der Waals surface area contributed by atoms with Crippen LogP contribution in [0.2, 0.25) is 5.02 Å². The molecule has 0 spiro atoms. The van der Waals surface area contributed by atoms with Crippen molar-refractivity contribution in [2.75, 3.05) is 18.1 Å². The Hall–Kier alpha value is -2.53. The average molecular weight is 677 g/mol. The maximum absolute atomic E-state index is 13.8. The minimum atomic E-state index is -5.49. The highest BCUT2D eigenvalue weighted by Crippen LogP contribution is 2.46. The molecule has 0 radical (unpaired) electrons. The number of hydrogen-bond acceptors (Lipinski definition) is 6. The van der Waals surface area contributed by atoms with Crippen LogP contribution in [0.1, 0.15) is 44.0 Å². The van der Waals surface area contributed by atoms with Crippen LogP contribution in [0.25, 0.3) is 0 Å². The second-order valence-corrected chi connectivity index (χ2v) is 8.98. The topological polar surface area (TPSA) is 73.7 Å². The molecule has 18 heteroatoms. The molecule has 224 valence electrons. The average Bonchev–Trinajstić information content (AvgIpc) is 2.81. The van der Waals surface area contributed by atoms with Gasteiger partial charge in [0.25, 0.3) is 5.56 Å². The smallest absolute Gasteiger partial charge is 0.434 e. The van der Waals surface area contributed by atoms with Gasteiger partial charge in [0.15, 0.2) is 5.69 Å². The van der Waals surface area contributed by atoms with E-state index in [-0.39, 0.29) is 30.1 Å². The number of ether oxygens (including phenoxy) is 2. The number of hydrogen-bond donors (Lipinski definition) is 0. The minimum absolute atomic E-state index is 0.0308. The molecular formula is C22H20BrClF9N3O4. The normalized spacial score (nSPS) is 13.3. The predicted molar refractivity (Wildman–Crippen MR) is 127 cm³/mol. The van der Waals surface area contributed by atoms with Crippen LogP contribution < -0.4 is 10.5 Å². The first-order valence-corrected chi connectivity index (χ1v) is 12.4. The number of rotatable bonds is 9. The minimum Gasteiger partial charge on any atom is -0.463 e. The molecule has 0 aliphatic heterocycles. The number of aromatic nitrogens is 2. The molecule has 0 bridgehead atoms. The highest BCUT2D eigenvalue weighted by atomic mass is 79.9. The summed E-state index contributed by atoms with van der Waals surface area (Å²) in [4.78, 5) is 29.4. The van der Waals surface area contributed by atoms with Crippen molar-refractivity contribution in [2.45, 2.75) is 58.5 Å². The first kappa shape index (κ1) is 33.7. The summed E-state index contributed by atoms with van der Waals surface area (Å²) in [5.74, 6) is -2.61. The fourth-order valence-electron chi connectivity index (χ4n) is 3.43. The van der Waals surface area contributed by atoms with E-state index in [0.29, 0.717) is 4.57 Å². The lowest BCUT2D eigenvalue weighted by molar-refractivity contribution is -0.155. The molecule has 0 aliphatic carbocycles. The first-order chi connectivity index (χ1) is 18.3. The highest BCUT2D eigenvalue weighted by Gasteiger charge is 2.44. The molecule has 2 aromatic rings. The molecule has 0 N–H and O–H groups in total. The zero-order chi connectivity index (χ0) is 30.8. The summed E-state index contributed by atoms with van der Waals surface area (Å²) < 4.78 is 134. The van der Waals surface area contributed by atoms with Crippen LogP contribution in [0.4, 0.5) is 51.1 Å². The number of alkyl halides is 9. The van der Waals surface area contributed by atoms with E-state index in [9.17, 15) is 49.1 Å². The van der Waals surface area contributed by atoms with Gasteiger partial charge in [-0.25, -0.2) is 9.78 Å². The van der Waals surface area contributed by atoms with Gasteiger partial charge >= 0.3 is 24.5 Å². The van der Waals surface area contributed by atoms with Gasteiger partial charge in [-0.3, -0.25) is 14.3 Å². The number of carbonyl (C=O) groups is 1. The SMILES string of the molecule is CCCn1c(N(c2cc(C(F)(F)F)cc(C(F)(F)F)c2Cl)C(OCC)C(=O)OCC)nc(C(F)(F)F)c(Br)c1=O. The molecule has 1 atom stereocenters. The van der Waals surface area contributed by atoms with Crippen LogP contribution >= 0.6 is 27.5 Å². The molecule has 40 heavy (non-hydrogen) atoms. The van der Waals surface area contributed by atoms with Gasteiger partial charge in [0.05, 0.1) is 28.4 Å². The van der Waals surface area contributed by atoms with Crippen molar-refractivity contribution in [3.05, 3.63) is 48.8 Å². The van der Waals surface area contributed by atoms with Gasteiger partial charge in [-0.1, -0.05) is 18.5 Å². The van der Waals surface area contributed by atoms with Gasteiger partial charge in [0.1, 0.15) is 4.47 Å². The maximum atomic E-state index is 13.8. The number of halogens is 11. The number of carbonyl (C=O) groups excluding carboxylic acids is 1.